The van der Waals surface area contributed by atoms with Crippen molar-refractivity contribution < 1.29 is 14.0 Å². The minimum atomic E-state index is -0.925. The van der Waals surface area contributed by atoms with Crippen LogP contribution in [0.3, 0.4) is 0 Å². The van der Waals surface area contributed by atoms with E-state index in [0.717, 1.165) is 35.2 Å². The third-order valence-electron chi connectivity index (χ3n) is 7.69. The number of benzene rings is 1. The van der Waals surface area contributed by atoms with E-state index in [9.17, 15) is 19.2 Å². The third-order valence-corrected chi connectivity index (χ3v) is 7.69. The largest absolute Gasteiger partial charge is 0.394 e. The van der Waals surface area contributed by atoms with Crippen molar-refractivity contribution in [2.75, 3.05) is 27.2 Å². The van der Waals surface area contributed by atoms with E-state index < -0.39 is 11.5 Å². The number of hydrogen-bond acceptors (Lipinski definition) is 7. The van der Waals surface area contributed by atoms with E-state index in [1.807, 2.05) is 39.2 Å². The maximum atomic E-state index is 14.4. The summed E-state index contributed by atoms with van der Waals surface area (Å²) in [5.41, 5.74) is 2.95. The molecule has 1 aliphatic carbocycles. The molecule has 0 aromatic heterocycles. The summed E-state index contributed by atoms with van der Waals surface area (Å²) in [6.07, 6.45) is 7.84. The normalized spacial score (nSPS) is 24.3. The molecule has 9 heteroatoms. The highest BCUT2D eigenvalue weighted by Gasteiger charge is 2.57. The number of carbonyl (C=O) groups excluding carboxylic acids is 2. The Balaban J connectivity index is 1.41. The average Bonchev–Trinajstić information content (AvgIpc) is 3.69. The van der Waals surface area contributed by atoms with Crippen molar-refractivity contribution in [2.45, 2.75) is 51.7 Å². The van der Waals surface area contributed by atoms with Crippen LogP contribution >= 0.6 is 0 Å². The number of Topliss-reactive ketones (excluding diaryl/α,β-unsaturated/α-hetero) is 1. The average molecular weight is 521 g/mol. The van der Waals surface area contributed by atoms with Crippen molar-refractivity contribution in [3.05, 3.63) is 64.9 Å². The Morgan fingerprint density at radius 1 is 1.34 bits per heavy atom. The fourth-order valence-corrected chi connectivity index (χ4v) is 5.37. The van der Waals surface area contributed by atoms with Crippen LogP contribution in [0.25, 0.3) is 5.57 Å². The second-order valence-electron chi connectivity index (χ2n) is 10.4. The van der Waals surface area contributed by atoms with E-state index in [1.54, 1.807) is 18.0 Å². The van der Waals surface area contributed by atoms with E-state index in [-0.39, 0.29) is 36.0 Å². The molecule has 202 valence electrons. The molecule has 1 aromatic carbocycles. The maximum Gasteiger partial charge on any atom is 0.247 e. The predicted octanol–water partition coefficient (Wildman–Crippen LogP) is 2.56. The Labute approximate surface area is 224 Å². The maximum absolute atomic E-state index is 14.4. The molecule has 2 fully saturated rings. The minimum Gasteiger partial charge on any atom is -0.394 e. The van der Waals surface area contributed by atoms with Gasteiger partial charge in [0.1, 0.15) is 17.3 Å². The molecular formula is C29H37FN6O2. The fourth-order valence-electron chi connectivity index (χ4n) is 5.37. The number of allylic oxidation sites excluding steroid dienone is 2. The van der Waals surface area contributed by atoms with Crippen molar-refractivity contribution in [1.29, 1.82) is 5.26 Å². The van der Waals surface area contributed by atoms with Gasteiger partial charge in [0.15, 0.2) is 5.78 Å². The molecule has 4 rings (SSSR count). The molecule has 1 amide bonds. The van der Waals surface area contributed by atoms with Gasteiger partial charge in [0, 0.05) is 43.8 Å². The molecule has 3 atom stereocenters. The minimum absolute atomic E-state index is 0.0198. The molecule has 1 aromatic rings. The molecule has 1 saturated heterocycles. The van der Waals surface area contributed by atoms with E-state index in [2.05, 4.69) is 27.3 Å². The van der Waals surface area contributed by atoms with Crippen LogP contribution in [0.5, 0.6) is 0 Å². The molecule has 8 nitrogen and oxygen atoms in total. The number of amides is 1. The van der Waals surface area contributed by atoms with E-state index in [1.165, 1.54) is 12.1 Å². The number of halogens is 1. The SMILES string of the molecule is CN/C=C(/c1cc(F)cc(CNCC(=O)C2C=C(N3CC[C@@](C#N)(C4CC4)C3=O)C=C(C)N2)c1)C(C)NC. The van der Waals surface area contributed by atoms with Crippen LogP contribution in [0, 0.1) is 28.5 Å². The molecule has 0 bridgehead atoms. The number of likely N-dealkylation sites (N-methyl/N-ethyl adjacent to an activating group) is 1. The van der Waals surface area contributed by atoms with Gasteiger partial charge in [-0.15, -0.1) is 0 Å². The molecule has 2 unspecified atom stereocenters. The molecule has 2 aliphatic heterocycles. The van der Waals surface area contributed by atoms with E-state index in [0.29, 0.717) is 25.2 Å². The Bertz CT molecular complexity index is 1230. The summed E-state index contributed by atoms with van der Waals surface area (Å²) >= 11 is 0. The summed E-state index contributed by atoms with van der Waals surface area (Å²) in [7, 11) is 3.66. The summed E-state index contributed by atoms with van der Waals surface area (Å²) in [5.74, 6) is -0.432. The van der Waals surface area contributed by atoms with Crippen molar-refractivity contribution in [1.82, 2.24) is 26.2 Å². The van der Waals surface area contributed by atoms with Crippen LogP contribution in [-0.4, -0.2) is 55.9 Å². The highest BCUT2D eigenvalue weighted by atomic mass is 19.1. The molecule has 4 N–H and O–H groups in total. The number of ketones is 1. The van der Waals surface area contributed by atoms with Crippen molar-refractivity contribution in [3.8, 4) is 6.07 Å². The summed E-state index contributed by atoms with van der Waals surface area (Å²) < 4.78 is 14.4. The van der Waals surface area contributed by atoms with Gasteiger partial charge in [-0.05, 0) is 93.1 Å². The number of nitrogens with zero attached hydrogens (tertiary/aromatic N) is 2. The molecule has 1 saturated carbocycles. The Morgan fingerprint density at radius 2 is 2.11 bits per heavy atom. The Kier molecular flexibility index (Phi) is 8.34. The number of likely N-dealkylation sites (tertiary alicyclic amines) is 1. The topological polar surface area (TPSA) is 109 Å². The van der Waals surface area contributed by atoms with Gasteiger partial charge in [-0.1, -0.05) is 0 Å². The number of rotatable bonds is 11. The molecule has 38 heavy (non-hydrogen) atoms. The first kappa shape index (κ1) is 27.6. The third kappa shape index (κ3) is 5.66. The first-order chi connectivity index (χ1) is 18.2. The number of hydrogen-bond donors (Lipinski definition) is 4. The Morgan fingerprint density at radius 3 is 2.76 bits per heavy atom. The van der Waals surface area contributed by atoms with Crippen molar-refractivity contribution in [3.63, 3.8) is 0 Å². The predicted molar refractivity (Wildman–Crippen MR) is 145 cm³/mol. The number of nitriles is 1. The first-order valence-corrected chi connectivity index (χ1v) is 13.2. The molecule has 3 aliphatic rings. The van der Waals surface area contributed by atoms with Crippen LogP contribution in [0.1, 0.15) is 44.2 Å². The molecule has 0 spiro atoms. The Hall–Kier alpha value is -3.48. The standard InChI is InChI=1S/C29H37FN6O2/c1-18-9-24(36-8-7-29(17-31,28(36)38)22-5-6-22)13-26(35-18)27(37)16-34-14-20-10-21(12-23(30)11-20)25(15-32-3)19(2)33-4/h9-13,15,19,22,26,32-35H,5-8,14,16H2,1-4H3/b25-15+/t19?,26?,29-/m1/s1. The van der Waals surface area contributed by atoms with Crippen LogP contribution in [0.4, 0.5) is 4.39 Å². The smallest absolute Gasteiger partial charge is 0.247 e. The lowest BCUT2D eigenvalue weighted by Gasteiger charge is -2.27. The van der Waals surface area contributed by atoms with Crippen molar-refractivity contribution >= 4 is 17.3 Å². The number of dihydropyridines is 1. The number of nitrogens with one attached hydrogen (secondary N) is 4. The molecule has 0 radical (unpaired) electrons. The highest BCUT2D eigenvalue weighted by Crippen LogP contribution is 2.52. The first-order valence-electron chi connectivity index (χ1n) is 13.2. The number of carbonyl (C=O) groups is 2. The summed E-state index contributed by atoms with van der Waals surface area (Å²) in [5, 5.41) is 22.3. The second-order valence-corrected chi connectivity index (χ2v) is 10.4. The summed E-state index contributed by atoms with van der Waals surface area (Å²) in [6, 6.07) is 6.62. The van der Waals surface area contributed by atoms with Crippen LogP contribution < -0.4 is 21.3 Å². The summed E-state index contributed by atoms with van der Waals surface area (Å²) in [6.45, 7) is 4.74. The highest BCUT2D eigenvalue weighted by molar-refractivity contribution is 5.92. The monoisotopic (exact) mass is 520 g/mol. The van der Waals surface area contributed by atoms with Gasteiger partial charge in [0.05, 0.1) is 12.6 Å². The zero-order valence-electron chi connectivity index (χ0n) is 22.5. The quantitative estimate of drug-likeness (QED) is 0.355. The van der Waals surface area contributed by atoms with Crippen LogP contribution in [-0.2, 0) is 16.1 Å². The summed E-state index contributed by atoms with van der Waals surface area (Å²) in [4.78, 5) is 28.0. The van der Waals surface area contributed by atoms with Gasteiger partial charge in [-0.25, -0.2) is 4.39 Å². The van der Waals surface area contributed by atoms with Crippen LogP contribution in [0.2, 0.25) is 0 Å². The van der Waals surface area contributed by atoms with Gasteiger partial charge in [-0.3, -0.25) is 9.59 Å². The lowest BCUT2D eigenvalue weighted by molar-refractivity contribution is -0.132. The van der Waals surface area contributed by atoms with Crippen molar-refractivity contribution in [2.24, 2.45) is 11.3 Å². The van der Waals surface area contributed by atoms with Gasteiger partial charge < -0.3 is 26.2 Å². The zero-order chi connectivity index (χ0) is 27.4. The lowest BCUT2D eigenvalue weighted by atomic mass is 9.82. The fraction of sp³-hybridized carbons (Fsp3) is 0.483. The van der Waals surface area contributed by atoms with E-state index in [4.69, 9.17) is 0 Å². The molecule has 2 heterocycles. The van der Waals surface area contributed by atoms with Gasteiger partial charge in [-0.2, -0.15) is 5.26 Å². The molecular weight excluding hydrogens is 483 g/mol. The van der Waals surface area contributed by atoms with Gasteiger partial charge in [0.25, 0.3) is 0 Å². The zero-order valence-corrected chi connectivity index (χ0v) is 22.5. The lowest BCUT2D eigenvalue weighted by Crippen LogP contribution is -2.43. The van der Waals surface area contributed by atoms with Crippen LogP contribution in [0.15, 0.2) is 47.9 Å². The van der Waals surface area contributed by atoms with Gasteiger partial charge >= 0.3 is 0 Å². The van der Waals surface area contributed by atoms with Gasteiger partial charge in [0.2, 0.25) is 5.91 Å². The van der Waals surface area contributed by atoms with E-state index >= 15 is 0 Å². The second kappa shape index (κ2) is 11.5.